The van der Waals surface area contributed by atoms with E-state index < -0.39 is 36.4 Å². The van der Waals surface area contributed by atoms with Crippen LogP contribution < -0.4 is 4.90 Å². The summed E-state index contributed by atoms with van der Waals surface area (Å²) in [4.78, 5) is 51.4. The van der Waals surface area contributed by atoms with Crippen LogP contribution in [0.3, 0.4) is 0 Å². The van der Waals surface area contributed by atoms with Crippen LogP contribution in [0.25, 0.3) is 11.4 Å². The maximum absolute atomic E-state index is 14.2. The maximum atomic E-state index is 14.2. The predicted octanol–water partition coefficient (Wildman–Crippen LogP) is 2.38. The minimum absolute atomic E-state index is 0.149. The van der Waals surface area contributed by atoms with E-state index >= 15 is 0 Å². The Labute approximate surface area is 260 Å². The van der Waals surface area contributed by atoms with Crippen LogP contribution in [0.1, 0.15) is 36.6 Å². The summed E-state index contributed by atoms with van der Waals surface area (Å²) in [6.07, 6.45) is 2.08. The Morgan fingerprint density at radius 2 is 1.62 bits per heavy atom. The Balaban J connectivity index is 0.000000360. The zero-order chi connectivity index (χ0) is 33.1. The molecule has 0 unspecified atom stereocenters. The number of carboxylic acids is 3. The summed E-state index contributed by atoms with van der Waals surface area (Å²) in [5.74, 6) is -3.44. The molecule has 0 bridgehead atoms. The molecule has 3 heterocycles. The van der Waals surface area contributed by atoms with Gasteiger partial charge in [0.2, 0.25) is 0 Å². The third kappa shape index (κ3) is 9.99. The first-order valence-corrected chi connectivity index (χ1v) is 14.4. The molecule has 1 aliphatic heterocycles. The van der Waals surface area contributed by atoms with E-state index in [0.29, 0.717) is 13.1 Å². The van der Waals surface area contributed by atoms with Crippen molar-refractivity contribution in [2.45, 2.75) is 44.9 Å². The minimum Gasteiger partial charge on any atom is -0.481 e. The fourth-order valence-electron chi connectivity index (χ4n) is 4.80. The van der Waals surface area contributed by atoms with Crippen molar-refractivity contribution in [1.82, 2.24) is 24.8 Å². The topological polar surface area (TPSA) is 181 Å². The van der Waals surface area contributed by atoms with Crippen LogP contribution in [0.15, 0.2) is 48.8 Å². The molecule has 0 atom stereocenters. The number of pyridine rings is 1. The summed E-state index contributed by atoms with van der Waals surface area (Å²) in [5, 5.41) is 33.8. The highest BCUT2D eigenvalue weighted by atomic mass is 19.1. The normalized spacial score (nSPS) is 13.0. The molecule has 3 aromatic rings. The maximum Gasteiger partial charge on any atom is 0.336 e. The van der Waals surface area contributed by atoms with Gasteiger partial charge in [0, 0.05) is 74.8 Å². The lowest BCUT2D eigenvalue weighted by Gasteiger charge is -2.33. The van der Waals surface area contributed by atoms with Gasteiger partial charge < -0.3 is 30.2 Å². The molecule has 45 heavy (non-hydrogen) atoms. The molecular weight excluding hydrogens is 587 g/mol. The van der Waals surface area contributed by atoms with Gasteiger partial charge in [0.25, 0.3) is 0 Å². The third-order valence-corrected chi connectivity index (χ3v) is 7.19. The summed E-state index contributed by atoms with van der Waals surface area (Å²) in [7, 11) is 4.17. The van der Waals surface area contributed by atoms with E-state index in [2.05, 4.69) is 40.7 Å². The fourth-order valence-corrected chi connectivity index (χ4v) is 4.80. The van der Waals surface area contributed by atoms with Gasteiger partial charge in [0.15, 0.2) is 11.4 Å². The first kappa shape index (κ1) is 35.0. The van der Waals surface area contributed by atoms with Gasteiger partial charge in [-0.25, -0.2) is 19.2 Å². The van der Waals surface area contributed by atoms with Gasteiger partial charge in [-0.2, -0.15) is 0 Å². The zero-order valence-electron chi connectivity index (χ0n) is 25.6. The Hall–Kier alpha value is -4.53. The number of nitrogens with zero attached hydrogens (tertiary/aromatic N) is 6. The molecule has 0 amide bonds. The van der Waals surface area contributed by atoms with Crippen LogP contribution in [0.4, 0.5) is 10.2 Å². The Bertz CT molecular complexity index is 1460. The number of aromatic nitrogens is 3. The van der Waals surface area contributed by atoms with Crippen molar-refractivity contribution in [2.75, 3.05) is 45.2 Å². The molecule has 4 N–H and O–H groups in total. The quantitative estimate of drug-likeness (QED) is 0.217. The van der Waals surface area contributed by atoms with Gasteiger partial charge in [-0.1, -0.05) is 18.2 Å². The molecule has 14 heteroatoms. The number of carboxylic acid groups (broad SMARTS) is 3. The van der Waals surface area contributed by atoms with E-state index in [-0.39, 0.29) is 5.82 Å². The Morgan fingerprint density at radius 3 is 2.18 bits per heavy atom. The second kappa shape index (κ2) is 16.0. The van der Waals surface area contributed by atoms with Crippen molar-refractivity contribution < 1.29 is 39.2 Å². The molecule has 13 nitrogen and oxygen atoms in total. The smallest absolute Gasteiger partial charge is 0.336 e. The highest BCUT2D eigenvalue weighted by Gasteiger charge is 2.40. The number of hydrogen-bond donors (Lipinski definition) is 4. The molecule has 0 saturated heterocycles. The zero-order valence-corrected chi connectivity index (χ0v) is 25.6. The average Bonchev–Trinajstić information content (AvgIpc) is 2.98. The van der Waals surface area contributed by atoms with Crippen molar-refractivity contribution >= 4 is 23.7 Å². The molecule has 242 valence electrons. The lowest BCUT2D eigenvalue weighted by atomic mass is 9.96. The first-order valence-electron chi connectivity index (χ1n) is 14.4. The number of aliphatic carboxylic acids is 3. The van der Waals surface area contributed by atoms with Gasteiger partial charge in [0.1, 0.15) is 11.6 Å². The summed E-state index contributed by atoms with van der Waals surface area (Å²) in [6.45, 7) is 7.00. The molecule has 1 aromatic carbocycles. The lowest BCUT2D eigenvalue weighted by molar-refractivity contribution is -0.170. The number of benzene rings is 1. The summed E-state index contributed by atoms with van der Waals surface area (Å²) in [5.41, 5.74) is 1.21. The van der Waals surface area contributed by atoms with Crippen molar-refractivity contribution in [1.29, 1.82) is 0 Å². The van der Waals surface area contributed by atoms with Crippen molar-refractivity contribution in [3.63, 3.8) is 0 Å². The highest BCUT2D eigenvalue weighted by Crippen LogP contribution is 2.30. The second-order valence-corrected chi connectivity index (χ2v) is 10.9. The van der Waals surface area contributed by atoms with Crippen LogP contribution in [0.2, 0.25) is 0 Å². The summed E-state index contributed by atoms with van der Waals surface area (Å²) < 4.78 is 14.2. The standard InChI is InChI=1S/C25H31FN6.C6H8O7/c1-4-32(16-15-30(2)3)25-21-18-31(17-20-7-5-6-8-22(20)26)14-11-23(21)28-24(29-25)19-9-12-27-13-10-19;7-3(8)1-6(13,5(11)12)2-4(9)10/h5-10,12-13H,4,11,14-18H2,1-3H3;13H,1-2H2,(H,7,8)(H,9,10)(H,11,12). The molecule has 0 saturated carbocycles. The van der Waals surface area contributed by atoms with Crippen molar-refractivity contribution in [3.05, 3.63) is 71.4 Å². The van der Waals surface area contributed by atoms with Crippen LogP contribution in [-0.4, -0.2) is 109 Å². The average molecular weight is 627 g/mol. The number of carbonyl (C=O) groups is 3. The number of aliphatic hydroxyl groups is 1. The van der Waals surface area contributed by atoms with E-state index in [4.69, 9.17) is 30.4 Å². The minimum atomic E-state index is -2.74. The number of likely N-dealkylation sites (N-methyl/N-ethyl adjacent to an activating group) is 2. The molecule has 0 spiro atoms. The largest absolute Gasteiger partial charge is 0.481 e. The van der Waals surface area contributed by atoms with Crippen LogP contribution in [0, 0.1) is 5.82 Å². The van der Waals surface area contributed by atoms with Gasteiger partial charge in [-0.15, -0.1) is 0 Å². The van der Waals surface area contributed by atoms with E-state index in [0.717, 1.165) is 66.6 Å². The van der Waals surface area contributed by atoms with Gasteiger partial charge in [0.05, 0.1) is 18.5 Å². The Morgan fingerprint density at radius 1 is 0.978 bits per heavy atom. The van der Waals surface area contributed by atoms with E-state index in [1.807, 2.05) is 24.3 Å². The number of hydrogen-bond acceptors (Lipinski definition) is 10. The molecule has 0 fully saturated rings. The third-order valence-electron chi connectivity index (χ3n) is 7.19. The van der Waals surface area contributed by atoms with Gasteiger partial charge >= 0.3 is 17.9 Å². The molecule has 0 radical (unpaired) electrons. The van der Waals surface area contributed by atoms with Gasteiger partial charge in [-0.05, 0) is 39.2 Å². The molecule has 0 aliphatic carbocycles. The van der Waals surface area contributed by atoms with E-state index in [9.17, 15) is 18.8 Å². The van der Waals surface area contributed by atoms with Crippen LogP contribution >= 0.6 is 0 Å². The monoisotopic (exact) mass is 626 g/mol. The van der Waals surface area contributed by atoms with E-state index in [1.54, 1.807) is 18.5 Å². The number of anilines is 1. The molecular formula is C31H39FN6O7. The van der Waals surface area contributed by atoms with Crippen LogP contribution in [-0.2, 0) is 33.9 Å². The molecule has 4 rings (SSSR count). The molecule has 1 aliphatic rings. The van der Waals surface area contributed by atoms with Gasteiger partial charge in [-0.3, -0.25) is 19.5 Å². The predicted molar refractivity (Wildman–Crippen MR) is 163 cm³/mol. The Kier molecular flexibility index (Phi) is 12.4. The first-order chi connectivity index (χ1) is 21.3. The highest BCUT2D eigenvalue weighted by molar-refractivity contribution is 5.88. The number of fused-ring (bicyclic) bond motifs is 1. The fraction of sp³-hybridized carbons (Fsp3) is 0.419. The summed E-state index contributed by atoms with van der Waals surface area (Å²) >= 11 is 0. The second-order valence-electron chi connectivity index (χ2n) is 10.9. The van der Waals surface area contributed by atoms with E-state index in [1.165, 1.54) is 6.07 Å². The van der Waals surface area contributed by atoms with Crippen LogP contribution in [0.5, 0.6) is 0 Å². The van der Waals surface area contributed by atoms with Crippen molar-refractivity contribution in [2.24, 2.45) is 0 Å². The summed E-state index contributed by atoms with van der Waals surface area (Å²) in [6, 6.07) is 10.9. The SMILES string of the molecule is CCN(CCN(C)C)c1nc(-c2ccncc2)nc2c1CN(Cc1ccccc1F)CC2.O=C(O)CC(O)(CC(=O)O)C(=O)O. The number of rotatable bonds is 13. The van der Waals surface area contributed by atoms with Crippen molar-refractivity contribution in [3.8, 4) is 11.4 Å². The lowest BCUT2D eigenvalue weighted by Crippen LogP contribution is -2.42. The molecule has 2 aromatic heterocycles. The number of halogens is 1.